The van der Waals surface area contributed by atoms with Crippen molar-refractivity contribution >= 4 is 31.9 Å². The van der Waals surface area contributed by atoms with E-state index >= 15 is 0 Å². The van der Waals surface area contributed by atoms with Crippen molar-refractivity contribution in [3.8, 4) is 0 Å². The van der Waals surface area contributed by atoms with Crippen molar-refractivity contribution in [3.63, 3.8) is 0 Å². The second-order valence-electron chi connectivity index (χ2n) is 6.57. The summed E-state index contributed by atoms with van der Waals surface area (Å²) in [7, 11) is -6.48. The van der Waals surface area contributed by atoms with Gasteiger partial charge in [-0.25, -0.2) is 16.8 Å². The Morgan fingerprint density at radius 3 is 2.19 bits per heavy atom. The summed E-state index contributed by atoms with van der Waals surface area (Å²) in [4.78, 5) is 28.1. The number of carbonyl (C=O) groups excluding carboxylic acids is 2. The molecule has 0 unspecified atom stereocenters. The van der Waals surface area contributed by atoms with E-state index in [0.29, 0.717) is 0 Å². The van der Waals surface area contributed by atoms with Crippen LogP contribution in [-0.2, 0) is 24.8 Å². The molecule has 2 amide bonds. The number of rotatable bonds is 9. The molecule has 0 bridgehead atoms. The van der Waals surface area contributed by atoms with Crippen LogP contribution < -0.4 is 10.9 Å². The monoisotopic (exact) mass is 483 g/mol. The lowest BCUT2D eigenvalue weighted by Crippen LogP contribution is -2.46. The number of benzene rings is 1. The highest BCUT2D eigenvalue weighted by Crippen LogP contribution is 2.17. The molecule has 0 aliphatic rings. The van der Waals surface area contributed by atoms with Crippen LogP contribution in [0.5, 0.6) is 0 Å². The Bertz CT molecular complexity index is 1170. The normalized spacial score (nSPS) is 12.0. The third-order valence-electron chi connectivity index (χ3n) is 4.46. The first-order chi connectivity index (χ1) is 15.0. The van der Waals surface area contributed by atoms with Crippen LogP contribution in [0, 0.1) is 0 Å². The molecule has 0 radical (unpaired) electrons. The van der Waals surface area contributed by atoms with Gasteiger partial charge in [0.15, 0.2) is 0 Å². The van der Waals surface area contributed by atoms with Crippen molar-refractivity contribution in [3.05, 3.63) is 54.4 Å². The minimum Gasteiger partial charge on any atom is -0.272 e. The standard InChI is InChI=1S/C19H25N5O6S2/c1-4-24(5-2)32(29,30)16-9-6-8-15(12-16)19(26)22-21-18(25)14-23(3)31(27,28)17-10-7-11-20-13-17/h6-13H,4-5,14H2,1-3H3,(H,21,25)(H,22,26). The van der Waals surface area contributed by atoms with Crippen LogP contribution in [0.25, 0.3) is 0 Å². The molecule has 0 aliphatic carbocycles. The molecule has 0 aliphatic heterocycles. The van der Waals surface area contributed by atoms with Gasteiger partial charge in [0.2, 0.25) is 20.0 Å². The van der Waals surface area contributed by atoms with E-state index in [0.717, 1.165) is 10.5 Å². The second kappa shape index (κ2) is 10.6. The number of amides is 2. The molecular weight excluding hydrogens is 458 g/mol. The van der Waals surface area contributed by atoms with E-state index in [1.54, 1.807) is 13.8 Å². The molecule has 32 heavy (non-hydrogen) atoms. The second-order valence-corrected chi connectivity index (χ2v) is 10.6. The summed E-state index contributed by atoms with van der Waals surface area (Å²) >= 11 is 0. The summed E-state index contributed by atoms with van der Waals surface area (Å²) in [6.45, 7) is 3.41. The van der Waals surface area contributed by atoms with E-state index in [1.807, 2.05) is 0 Å². The third kappa shape index (κ3) is 5.88. The molecule has 0 saturated heterocycles. The van der Waals surface area contributed by atoms with Gasteiger partial charge in [-0.3, -0.25) is 25.4 Å². The molecule has 11 nitrogen and oxygen atoms in total. The minimum absolute atomic E-state index is 0.00914. The summed E-state index contributed by atoms with van der Waals surface area (Å²) in [6.07, 6.45) is 2.58. The van der Waals surface area contributed by atoms with Gasteiger partial charge in [-0.15, -0.1) is 0 Å². The van der Waals surface area contributed by atoms with Crippen LogP contribution in [0.1, 0.15) is 24.2 Å². The number of sulfonamides is 2. The maximum Gasteiger partial charge on any atom is 0.269 e. The molecular formula is C19H25N5O6S2. The van der Waals surface area contributed by atoms with Crippen LogP contribution in [-0.4, -0.2) is 68.9 Å². The van der Waals surface area contributed by atoms with Crippen molar-refractivity contribution in [1.82, 2.24) is 24.4 Å². The van der Waals surface area contributed by atoms with E-state index in [2.05, 4.69) is 15.8 Å². The predicted octanol–water partition coefficient (Wildman–Crippen LogP) is 0.194. The fourth-order valence-corrected chi connectivity index (χ4v) is 5.31. The number of carbonyl (C=O) groups is 2. The van der Waals surface area contributed by atoms with Crippen molar-refractivity contribution < 1.29 is 26.4 Å². The maximum atomic E-state index is 12.6. The lowest BCUT2D eigenvalue weighted by molar-refractivity contribution is -0.121. The van der Waals surface area contributed by atoms with Gasteiger partial charge in [-0.05, 0) is 30.3 Å². The molecule has 0 fully saturated rings. The Morgan fingerprint density at radius 1 is 0.938 bits per heavy atom. The van der Waals surface area contributed by atoms with Crippen molar-refractivity contribution in [2.45, 2.75) is 23.6 Å². The molecule has 1 aromatic heterocycles. The molecule has 174 valence electrons. The Labute approximate surface area is 187 Å². The molecule has 2 N–H and O–H groups in total. The first-order valence-electron chi connectivity index (χ1n) is 9.59. The minimum atomic E-state index is -3.93. The van der Waals surface area contributed by atoms with Gasteiger partial charge in [0, 0.05) is 38.1 Å². The van der Waals surface area contributed by atoms with Gasteiger partial charge in [0.05, 0.1) is 11.4 Å². The summed E-state index contributed by atoms with van der Waals surface area (Å²) in [5.41, 5.74) is 4.28. The zero-order valence-corrected chi connectivity index (χ0v) is 19.5. The molecule has 0 spiro atoms. The fourth-order valence-electron chi connectivity index (χ4n) is 2.72. The van der Waals surface area contributed by atoms with E-state index in [1.165, 1.54) is 53.9 Å². The quantitative estimate of drug-likeness (QED) is 0.484. The predicted molar refractivity (Wildman–Crippen MR) is 116 cm³/mol. The van der Waals surface area contributed by atoms with Gasteiger partial charge >= 0.3 is 0 Å². The average Bonchev–Trinajstić information content (AvgIpc) is 2.78. The van der Waals surface area contributed by atoms with Gasteiger partial charge < -0.3 is 0 Å². The van der Waals surface area contributed by atoms with Crippen molar-refractivity contribution in [2.24, 2.45) is 0 Å². The van der Waals surface area contributed by atoms with Gasteiger partial charge in [0.1, 0.15) is 4.90 Å². The Balaban J connectivity index is 2.03. The highest BCUT2D eigenvalue weighted by Gasteiger charge is 2.24. The topological polar surface area (TPSA) is 146 Å². The molecule has 2 rings (SSSR count). The van der Waals surface area contributed by atoms with Crippen molar-refractivity contribution in [1.29, 1.82) is 0 Å². The average molecular weight is 484 g/mol. The van der Waals surface area contributed by atoms with Crippen LogP contribution in [0.3, 0.4) is 0 Å². The van der Waals surface area contributed by atoms with E-state index in [4.69, 9.17) is 0 Å². The highest BCUT2D eigenvalue weighted by molar-refractivity contribution is 7.89. The number of hydrogen-bond donors (Lipinski definition) is 2. The number of nitrogens with one attached hydrogen (secondary N) is 2. The van der Waals surface area contributed by atoms with Gasteiger partial charge in [-0.2, -0.15) is 8.61 Å². The lowest BCUT2D eigenvalue weighted by Gasteiger charge is -2.19. The first kappa shape index (κ1) is 25.4. The summed E-state index contributed by atoms with van der Waals surface area (Å²) in [6, 6.07) is 8.19. The van der Waals surface area contributed by atoms with Crippen LogP contribution in [0.4, 0.5) is 0 Å². The van der Waals surface area contributed by atoms with Crippen LogP contribution >= 0.6 is 0 Å². The van der Waals surface area contributed by atoms with Crippen LogP contribution in [0.2, 0.25) is 0 Å². The van der Waals surface area contributed by atoms with E-state index in [-0.39, 0.29) is 28.4 Å². The molecule has 1 aromatic carbocycles. The lowest BCUT2D eigenvalue weighted by atomic mass is 10.2. The molecule has 1 heterocycles. The SMILES string of the molecule is CCN(CC)S(=O)(=O)c1cccc(C(=O)NNC(=O)CN(C)S(=O)(=O)c2cccnc2)c1. The van der Waals surface area contributed by atoms with Gasteiger partial charge in [-0.1, -0.05) is 19.9 Å². The van der Waals surface area contributed by atoms with Crippen molar-refractivity contribution in [2.75, 3.05) is 26.7 Å². The Morgan fingerprint density at radius 2 is 1.59 bits per heavy atom. The number of aromatic nitrogens is 1. The van der Waals surface area contributed by atoms with Gasteiger partial charge in [0.25, 0.3) is 11.8 Å². The summed E-state index contributed by atoms with van der Waals surface area (Å²) < 4.78 is 52.2. The molecule has 13 heteroatoms. The highest BCUT2D eigenvalue weighted by atomic mass is 32.2. The first-order valence-corrected chi connectivity index (χ1v) is 12.5. The van der Waals surface area contributed by atoms with E-state index in [9.17, 15) is 26.4 Å². The molecule has 0 atom stereocenters. The summed E-state index contributed by atoms with van der Waals surface area (Å²) in [5.74, 6) is -1.55. The fraction of sp³-hybridized carbons (Fsp3) is 0.316. The largest absolute Gasteiger partial charge is 0.272 e. The van der Waals surface area contributed by atoms with Crippen LogP contribution in [0.15, 0.2) is 58.6 Å². The number of pyridine rings is 1. The van der Waals surface area contributed by atoms with E-state index < -0.39 is 38.4 Å². The number of hydrazine groups is 1. The zero-order chi connectivity index (χ0) is 23.9. The zero-order valence-electron chi connectivity index (χ0n) is 17.8. The number of likely N-dealkylation sites (N-methyl/N-ethyl adjacent to an activating group) is 1. The number of nitrogens with zero attached hydrogens (tertiary/aromatic N) is 3. The Hall–Kier alpha value is -2.87. The molecule has 0 saturated carbocycles. The third-order valence-corrected chi connectivity index (χ3v) is 8.30. The Kier molecular flexibility index (Phi) is 8.44. The number of hydrogen-bond acceptors (Lipinski definition) is 7. The molecule has 2 aromatic rings. The summed E-state index contributed by atoms with van der Waals surface area (Å²) in [5, 5.41) is 0. The maximum absolute atomic E-state index is 12.6. The smallest absolute Gasteiger partial charge is 0.269 e.